The molecule has 3 aliphatic heterocycles. The van der Waals surface area contributed by atoms with Crippen LogP contribution in [0.5, 0.6) is 0 Å². The molecule has 28 heteroatoms. The molecule has 592 valence electrons. The second-order valence-electron chi connectivity index (χ2n) is 32.3. The number of rotatable bonds is 8. The fourth-order valence-electron chi connectivity index (χ4n) is 9.25. The number of nitrogens with two attached hydrogens (primary N) is 2. The largest absolute Gasteiger partial charge is 0.519 e. The minimum absolute atomic E-state index is 0. The molecular weight excluding hydrogens is 1440 g/mol. The Balaban J connectivity index is -0.00000117. The van der Waals surface area contributed by atoms with Crippen LogP contribution in [0.1, 0.15) is 249 Å². The standard InChI is InChI=1S/C16H24N2O4.C16H26N2O2.C11H16N2O2.C11H12N2O2.C10H18O5.C4H7BO.2C4H8O.CH3.Pd/c1-15(2,3)13-8-7-12(18(20)21)9-11(13)10-17-14(19)22-16(4,5)6;1-15(2,3)13-8-7-12(17)9-11(13)10-18-14(19)20-16(4,5)6;2*1-11(2,3)10-5-4-9(13(14)15)6-8(10)7-12;1-9(2,3)14-7(11)13-8(12)15-10(4,5)6;5-4-2-1-3-6-4;2*1-2-4-5-3-1;;/h7-9H,10H2,1-6H3,(H,17,19);7-9H,10,17H2,1-6H3,(H,18,19);4-6H,7,12H2,1-3H3;4-6H,1-3H3;1-6H3;4H,1-3H2;2*1-4H2;1H3;/q;;;;;;;;-1;. The number of non-ortho nitro benzene ring substituents is 3. The first-order valence-electron chi connectivity index (χ1n) is 34.4. The molecule has 3 aliphatic rings. The average molecular weight is 1570 g/mol. The Hall–Kier alpha value is -7.78. The molecule has 4 aromatic carbocycles. The van der Waals surface area contributed by atoms with E-state index in [0.29, 0.717) is 29.9 Å². The molecule has 3 heterocycles. The van der Waals surface area contributed by atoms with Gasteiger partial charge in [0.15, 0.2) is 0 Å². The van der Waals surface area contributed by atoms with Crippen molar-refractivity contribution < 1.29 is 92.3 Å². The molecule has 3 fully saturated rings. The summed E-state index contributed by atoms with van der Waals surface area (Å²) in [5, 5.41) is 46.4. The number of ether oxygens (including phenoxy) is 8. The molecule has 0 aromatic heterocycles. The Morgan fingerprint density at radius 2 is 0.810 bits per heavy atom. The number of carbonyl (C=O) groups excluding carboxylic acids is 4. The maximum Gasteiger partial charge on any atom is 0.519 e. The van der Waals surface area contributed by atoms with Crippen LogP contribution in [-0.4, -0.2) is 109 Å². The Kier molecular flexibility index (Phi) is 44.7. The van der Waals surface area contributed by atoms with E-state index < -0.39 is 61.7 Å². The maximum absolute atomic E-state index is 11.7. The van der Waals surface area contributed by atoms with Crippen LogP contribution in [-0.2, 0) is 99.6 Å². The number of nitrogens with one attached hydrogen (secondary N) is 2. The maximum atomic E-state index is 11.7. The molecule has 6 N–H and O–H groups in total. The molecule has 2 radical (unpaired) electrons. The van der Waals surface area contributed by atoms with Crippen LogP contribution in [0.15, 0.2) is 72.8 Å². The number of amides is 2. The van der Waals surface area contributed by atoms with E-state index in [1.807, 2.05) is 86.6 Å². The number of nitro benzene ring substituents is 3. The third kappa shape index (κ3) is 46.7. The second kappa shape index (κ2) is 46.3. The Labute approximate surface area is 640 Å². The van der Waals surface area contributed by atoms with Crippen LogP contribution >= 0.6 is 0 Å². The van der Waals surface area contributed by atoms with Crippen molar-refractivity contribution in [1.29, 1.82) is 5.26 Å². The minimum atomic E-state index is -1.06. The van der Waals surface area contributed by atoms with Crippen molar-refractivity contribution in [3.05, 3.63) is 155 Å². The molecule has 7 rings (SSSR count). The van der Waals surface area contributed by atoms with Crippen molar-refractivity contribution in [2.75, 3.05) is 38.8 Å². The van der Waals surface area contributed by atoms with Gasteiger partial charge in [0.05, 0.1) is 26.4 Å². The summed E-state index contributed by atoms with van der Waals surface area (Å²) < 4.78 is 39.0. The monoisotopic (exact) mass is 1560 g/mol. The number of nitrogen functional groups attached to an aromatic ring is 1. The molecule has 0 spiro atoms. The summed E-state index contributed by atoms with van der Waals surface area (Å²) in [4.78, 5) is 76.2. The Bertz CT molecular complexity index is 3330. The van der Waals surface area contributed by atoms with Gasteiger partial charge >= 0.3 is 24.5 Å². The van der Waals surface area contributed by atoms with Crippen molar-refractivity contribution in [2.45, 2.75) is 274 Å². The quantitative estimate of drug-likeness (QED) is 0.0186. The van der Waals surface area contributed by atoms with Crippen LogP contribution in [0.25, 0.3) is 0 Å². The fraction of sp³-hybridized carbons (Fsp3) is 0.610. The summed E-state index contributed by atoms with van der Waals surface area (Å²) in [6, 6.07) is 21.8. The van der Waals surface area contributed by atoms with E-state index in [-0.39, 0.29) is 79.1 Å². The SMILES string of the molecule is C1CCOC1.C1CCOC1.CC(C)(C)OC(=O)NCc1cc(N)ccc1C(C)(C)C.CC(C)(C)OC(=O)NCc1cc([N+](=O)[O-])ccc1C(C)(C)C.CC(C)(C)OC(=O)OC(=O)OC(C)(C)C.CC(C)(C)c1ccc([N+](=O)[O-])cc1C#N.CC(C)(C)c1ccc([N+](=O)[O-])cc1CN.[B]C1CCCO1.[CH3-].[Pd]. The number of nitrogens with zero attached hydrogens (tertiary/aromatic N) is 4. The van der Waals surface area contributed by atoms with Crippen LogP contribution < -0.4 is 22.1 Å². The van der Waals surface area contributed by atoms with Crippen LogP contribution in [0.2, 0.25) is 0 Å². The van der Waals surface area contributed by atoms with Crippen molar-refractivity contribution in [2.24, 2.45) is 5.73 Å². The van der Waals surface area contributed by atoms with E-state index in [0.717, 1.165) is 73.7 Å². The minimum Gasteiger partial charge on any atom is -0.444 e. The van der Waals surface area contributed by atoms with Gasteiger partial charge in [-0.15, -0.1) is 0 Å². The smallest absolute Gasteiger partial charge is 0.444 e. The van der Waals surface area contributed by atoms with Crippen LogP contribution in [0, 0.1) is 49.1 Å². The van der Waals surface area contributed by atoms with Gasteiger partial charge in [0.25, 0.3) is 17.1 Å². The van der Waals surface area contributed by atoms with Crippen molar-refractivity contribution >= 4 is 55.1 Å². The van der Waals surface area contributed by atoms with Crippen molar-refractivity contribution in [3.63, 3.8) is 0 Å². The summed E-state index contributed by atoms with van der Waals surface area (Å²) >= 11 is 0. The molecule has 26 nitrogen and oxygen atoms in total. The van der Waals surface area contributed by atoms with Gasteiger partial charge in [0, 0.05) is 121 Å². The van der Waals surface area contributed by atoms with Gasteiger partial charge in [-0.25, -0.2) is 19.2 Å². The topological polar surface area (TPSA) is 371 Å². The summed E-state index contributed by atoms with van der Waals surface area (Å²) in [7, 11) is 5.31. The van der Waals surface area contributed by atoms with Gasteiger partial charge in [-0.2, -0.15) is 5.26 Å². The summed E-state index contributed by atoms with van der Waals surface area (Å²) in [6.07, 6.45) is 4.22. The molecule has 2 amide bonds. The molecule has 0 aliphatic carbocycles. The molecule has 1 atom stereocenters. The zero-order valence-corrected chi connectivity index (χ0v) is 68.6. The predicted octanol–water partition coefficient (Wildman–Crippen LogP) is 17.8. The van der Waals surface area contributed by atoms with Gasteiger partial charge in [0.2, 0.25) is 0 Å². The molecule has 4 aromatic rings. The fourth-order valence-corrected chi connectivity index (χ4v) is 9.25. The molecular formula is C77H122BN8O18Pd-. The third-order valence-corrected chi connectivity index (χ3v) is 13.7. The number of hydrogen-bond acceptors (Lipinski definition) is 21. The predicted molar refractivity (Wildman–Crippen MR) is 408 cm³/mol. The molecule has 0 bridgehead atoms. The van der Waals surface area contributed by atoms with Gasteiger partial charge < -0.3 is 67.4 Å². The van der Waals surface area contributed by atoms with E-state index in [1.165, 1.54) is 61.6 Å². The van der Waals surface area contributed by atoms with E-state index in [9.17, 15) is 49.5 Å². The molecule has 1 unspecified atom stereocenters. The first kappa shape index (κ1) is 101. The second-order valence-corrected chi connectivity index (χ2v) is 32.3. The van der Waals surface area contributed by atoms with E-state index in [2.05, 4.69) is 56.9 Å². The number of alkyl carbamates (subject to hydrolysis) is 2. The summed E-state index contributed by atoms with van der Waals surface area (Å²) in [6.45, 7) is 51.2. The van der Waals surface area contributed by atoms with E-state index >= 15 is 0 Å². The zero-order chi connectivity index (χ0) is 79.7. The van der Waals surface area contributed by atoms with Crippen LogP contribution in [0.4, 0.5) is 41.9 Å². The van der Waals surface area contributed by atoms with Gasteiger partial charge in [0.1, 0.15) is 30.3 Å². The van der Waals surface area contributed by atoms with Gasteiger partial charge in [-0.05, 0) is 194 Å². The molecule has 0 saturated carbocycles. The average Bonchev–Trinajstić information content (AvgIpc) is 1.18. The molecule has 3 saturated heterocycles. The van der Waals surface area contributed by atoms with Crippen molar-refractivity contribution in [3.8, 4) is 6.07 Å². The van der Waals surface area contributed by atoms with E-state index in [4.69, 9.17) is 57.7 Å². The van der Waals surface area contributed by atoms with E-state index in [1.54, 1.807) is 86.6 Å². The first-order chi connectivity index (χ1) is 47.0. The Morgan fingerprint density at radius 1 is 0.495 bits per heavy atom. The zero-order valence-electron chi connectivity index (χ0n) is 67.1. The summed E-state index contributed by atoms with van der Waals surface area (Å²) in [5.41, 5.74) is 16.3. The van der Waals surface area contributed by atoms with Crippen molar-refractivity contribution in [1.82, 2.24) is 10.6 Å². The number of carbonyl (C=O) groups is 4. The Morgan fingerprint density at radius 3 is 1.08 bits per heavy atom. The number of nitro groups is 3. The number of benzene rings is 4. The summed E-state index contributed by atoms with van der Waals surface area (Å²) in [5.74, 6) is 0. The van der Waals surface area contributed by atoms with Crippen LogP contribution in [0.3, 0.4) is 0 Å². The normalized spacial score (nSPS) is 13.9. The van der Waals surface area contributed by atoms with Gasteiger partial charge in [-0.1, -0.05) is 107 Å². The first-order valence-corrected chi connectivity index (χ1v) is 34.4. The third-order valence-electron chi connectivity index (χ3n) is 13.7. The number of hydrogen-bond donors (Lipinski definition) is 4. The molecule has 105 heavy (non-hydrogen) atoms. The number of nitriles is 1. The number of anilines is 1. The van der Waals surface area contributed by atoms with Gasteiger partial charge in [-0.3, -0.25) is 30.3 Å².